The van der Waals surface area contributed by atoms with Crippen LogP contribution in [-0.2, 0) is 10.0 Å². The molecule has 8 heteroatoms. The average molecular weight is 305 g/mol. The molecule has 1 aliphatic rings. The van der Waals surface area contributed by atoms with Crippen molar-refractivity contribution in [3.63, 3.8) is 0 Å². The standard InChI is InChI=1S/C12H13F2NO4S/c13-9-4-8(12(16)17)5-10(11(9)14)20(18,19)15-6-7-2-1-3-7/h4-5,7,15H,1-3,6H2,(H,16,17). The van der Waals surface area contributed by atoms with E-state index >= 15 is 0 Å². The number of hydrogen-bond donors (Lipinski definition) is 2. The highest BCUT2D eigenvalue weighted by Gasteiger charge is 2.26. The number of sulfonamides is 1. The highest BCUT2D eigenvalue weighted by atomic mass is 32.2. The first-order chi connectivity index (χ1) is 9.31. The number of rotatable bonds is 5. The Labute approximate surface area is 114 Å². The van der Waals surface area contributed by atoms with E-state index in [0.717, 1.165) is 19.3 Å². The highest BCUT2D eigenvalue weighted by molar-refractivity contribution is 7.89. The summed E-state index contributed by atoms with van der Waals surface area (Å²) in [5.74, 6) is -4.41. The van der Waals surface area contributed by atoms with Crippen LogP contribution in [0.3, 0.4) is 0 Å². The largest absolute Gasteiger partial charge is 0.478 e. The smallest absolute Gasteiger partial charge is 0.335 e. The maximum atomic E-state index is 13.6. The summed E-state index contributed by atoms with van der Waals surface area (Å²) in [6, 6.07) is 1.06. The minimum Gasteiger partial charge on any atom is -0.478 e. The predicted octanol–water partition coefficient (Wildman–Crippen LogP) is 1.74. The Morgan fingerprint density at radius 3 is 2.50 bits per heavy atom. The van der Waals surface area contributed by atoms with Gasteiger partial charge in [0.15, 0.2) is 11.6 Å². The van der Waals surface area contributed by atoms with Crippen molar-refractivity contribution in [2.24, 2.45) is 5.92 Å². The van der Waals surface area contributed by atoms with Crippen molar-refractivity contribution in [2.45, 2.75) is 24.2 Å². The number of hydrogen-bond acceptors (Lipinski definition) is 3. The summed E-state index contributed by atoms with van der Waals surface area (Å²) in [6.07, 6.45) is 2.78. The third kappa shape index (κ3) is 2.96. The second kappa shape index (κ2) is 5.45. The van der Waals surface area contributed by atoms with Crippen molar-refractivity contribution in [1.82, 2.24) is 4.72 Å². The molecule has 1 fully saturated rings. The van der Waals surface area contributed by atoms with Crippen LogP contribution in [0.15, 0.2) is 17.0 Å². The summed E-state index contributed by atoms with van der Waals surface area (Å²) < 4.78 is 52.9. The molecule has 1 aliphatic carbocycles. The minimum atomic E-state index is -4.27. The molecule has 0 bridgehead atoms. The molecule has 0 radical (unpaired) electrons. The van der Waals surface area contributed by atoms with E-state index < -0.39 is 38.1 Å². The molecule has 2 rings (SSSR count). The van der Waals surface area contributed by atoms with Crippen LogP contribution in [0.2, 0.25) is 0 Å². The van der Waals surface area contributed by atoms with Gasteiger partial charge in [-0.15, -0.1) is 0 Å². The fraction of sp³-hybridized carbons (Fsp3) is 0.417. The fourth-order valence-corrected chi connectivity index (χ4v) is 3.11. The molecule has 2 N–H and O–H groups in total. The number of nitrogens with one attached hydrogen (secondary N) is 1. The number of carbonyl (C=O) groups is 1. The molecule has 20 heavy (non-hydrogen) atoms. The van der Waals surface area contributed by atoms with Crippen molar-refractivity contribution in [2.75, 3.05) is 6.54 Å². The molecular weight excluding hydrogens is 292 g/mol. The lowest BCUT2D eigenvalue weighted by Crippen LogP contribution is -2.33. The Kier molecular flexibility index (Phi) is 4.05. The van der Waals surface area contributed by atoms with E-state index in [2.05, 4.69) is 4.72 Å². The van der Waals surface area contributed by atoms with E-state index in [-0.39, 0.29) is 12.5 Å². The monoisotopic (exact) mass is 305 g/mol. The Balaban J connectivity index is 2.31. The van der Waals surface area contributed by atoms with Gasteiger partial charge in [0, 0.05) is 6.54 Å². The van der Waals surface area contributed by atoms with Gasteiger partial charge in [-0.2, -0.15) is 0 Å². The molecule has 0 amide bonds. The summed E-state index contributed by atoms with van der Waals surface area (Å²) in [4.78, 5) is 9.78. The molecule has 1 saturated carbocycles. The lowest BCUT2D eigenvalue weighted by atomic mass is 9.86. The molecule has 0 spiro atoms. The van der Waals surface area contributed by atoms with Gasteiger partial charge in [-0.05, 0) is 30.9 Å². The lowest BCUT2D eigenvalue weighted by Gasteiger charge is -2.25. The van der Waals surface area contributed by atoms with Crippen LogP contribution < -0.4 is 4.72 Å². The van der Waals surface area contributed by atoms with Crippen molar-refractivity contribution >= 4 is 16.0 Å². The number of carboxylic acid groups (broad SMARTS) is 1. The zero-order chi connectivity index (χ0) is 14.9. The van der Waals surface area contributed by atoms with E-state index in [0.29, 0.717) is 12.1 Å². The highest BCUT2D eigenvalue weighted by Crippen LogP contribution is 2.26. The molecule has 0 atom stereocenters. The summed E-state index contributed by atoms with van der Waals surface area (Å²) in [5, 5.41) is 8.75. The molecule has 1 aromatic rings. The van der Waals surface area contributed by atoms with E-state index in [4.69, 9.17) is 5.11 Å². The maximum Gasteiger partial charge on any atom is 0.335 e. The Morgan fingerprint density at radius 2 is 2.00 bits per heavy atom. The van der Waals surface area contributed by atoms with Crippen molar-refractivity contribution in [3.8, 4) is 0 Å². The summed E-state index contributed by atoms with van der Waals surface area (Å²) >= 11 is 0. The van der Waals surface area contributed by atoms with Crippen LogP contribution in [0.25, 0.3) is 0 Å². The van der Waals surface area contributed by atoms with Gasteiger partial charge >= 0.3 is 5.97 Å². The molecule has 1 aromatic carbocycles. The number of carboxylic acids is 1. The lowest BCUT2D eigenvalue weighted by molar-refractivity contribution is 0.0696. The molecule has 0 unspecified atom stereocenters. The second-order valence-electron chi connectivity index (χ2n) is 4.72. The predicted molar refractivity (Wildman–Crippen MR) is 65.8 cm³/mol. The van der Waals surface area contributed by atoms with Gasteiger partial charge in [-0.25, -0.2) is 26.7 Å². The Hall–Kier alpha value is -1.54. The normalized spacial score (nSPS) is 15.9. The third-order valence-corrected chi connectivity index (χ3v) is 4.74. The number of aromatic carboxylic acids is 1. The van der Waals surface area contributed by atoms with Crippen LogP contribution in [0.5, 0.6) is 0 Å². The number of benzene rings is 1. The molecule has 0 aromatic heterocycles. The first-order valence-electron chi connectivity index (χ1n) is 6.03. The summed E-state index contributed by atoms with van der Waals surface area (Å²) in [6.45, 7) is 0.140. The number of halogens is 2. The molecule has 0 aliphatic heterocycles. The quantitative estimate of drug-likeness (QED) is 0.868. The zero-order valence-electron chi connectivity index (χ0n) is 10.4. The van der Waals surface area contributed by atoms with Crippen LogP contribution in [0.1, 0.15) is 29.6 Å². The van der Waals surface area contributed by atoms with Gasteiger partial charge in [0.25, 0.3) is 0 Å². The van der Waals surface area contributed by atoms with Crippen LogP contribution in [0, 0.1) is 17.6 Å². The minimum absolute atomic E-state index is 0.140. The van der Waals surface area contributed by atoms with Gasteiger partial charge in [0.1, 0.15) is 4.90 Å². The second-order valence-corrected chi connectivity index (χ2v) is 6.46. The average Bonchev–Trinajstić information content (AvgIpc) is 2.29. The zero-order valence-corrected chi connectivity index (χ0v) is 11.2. The first-order valence-corrected chi connectivity index (χ1v) is 7.51. The molecule has 5 nitrogen and oxygen atoms in total. The van der Waals surface area contributed by atoms with Crippen molar-refractivity contribution < 1.29 is 27.1 Å². The van der Waals surface area contributed by atoms with Crippen molar-refractivity contribution in [3.05, 3.63) is 29.3 Å². The third-order valence-electron chi connectivity index (χ3n) is 3.32. The SMILES string of the molecule is O=C(O)c1cc(F)c(F)c(S(=O)(=O)NCC2CCC2)c1. The molecule has 0 heterocycles. The van der Waals surface area contributed by atoms with E-state index in [9.17, 15) is 22.0 Å². The van der Waals surface area contributed by atoms with E-state index in [1.54, 1.807) is 0 Å². The van der Waals surface area contributed by atoms with Gasteiger partial charge in [-0.1, -0.05) is 6.42 Å². The van der Waals surface area contributed by atoms with Gasteiger partial charge < -0.3 is 5.11 Å². The molecular formula is C12H13F2NO4S. The molecule has 0 saturated heterocycles. The van der Waals surface area contributed by atoms with Crippen LogP contribution in [0.4, 0.5) is 8.78 Å². The van der Waals surface area contributed by atoms with Crippen LogP contribution >= 0.6 is 0 Å². The topological polar surface area (TPSA) is 83.5 Å². The summed E-state index contributed by atoms with van der Waals surface area (Å²) in [5.41, 5.74) is -0.618. The summed E-state index contributed by atoms with van der Waals surface area (Å²) in [7, 11) is -4.27. The Morgan fingerprint density at radius 1 is 1.35 bits per heavy atom. The first kappa shape index (κ1) is 14.9. The molecule has 110 valence electrons. The van der Waals surface area contributed by atoms with Gasteiger partial charge in [-0.3, -0.25) is 0 Å². The van der Waals surface area contributed by atoms with E-state index in [1.807, 2.05) is 0 Å². The maximum absolute atomic E-state index is 13.6. The van der Waals surface area contributed by atoms with Gasteiger partial charge in [0.2, 0.25) is 10.0 Å². The van der Waals surface area contributed by atoms with Crippen LogP contribution in [-0.4, -0.2) is 26.0 Å². The fourth-order valence-electron chi connectivity index (χ4n) is 1.89. The van der Waals surface area contributed by atoms with E-state index in [1.165, 1.54) is 0 Å². The Bertz CT molecular complexity index is 641. The van der Waals surface area contributed by atoms with Gasteiger partial charge in [0.05, 0.1) is 5.56 Å². The van der Waals surface area contributed by atoms with Crippen molar-refractivity contribution in [1.29, 1.82) is 0 Å².